The van der Waals surface area contributed by atoms with Crippen LogP contribution in [0, 0.1) is 0 Å². The van der Waals surface area contributed by atoms with Gasteiger partial charge in [0, 0.05) is 31.4 Å². The Labute approximate surface area is 174 Å². The van der Waals surface area contributed by atoms with Crippen molar-refractivity contribution in [1.82, 2.24) is 9.88 Å². The number of aromatic nitrogens is 1. The van der Waals surface area contributed by atoms with Gasteiger partial charge in [-0.15, -0.1) is 24.8 Å². The van der Waals surface area contributed by atoms with E-state index >= 15 is 0 Å². The molecule has 2 aromatic rings. The minimum Gasteiger partial charge on any atom is -0.437 e. The van der Waals surface area contributed by atoms with Crippen molar-refractivity contribution < 1.29 is 9.53 Å². The third-order valence-electron chi connectivity index (χ3n) is 3.86. The molecular formula is C17H19Cl4N3O2. The summed E-state index contributed by atoms with van der Waals surface area (Å²) in [5.41, 5.74) is 6.43. The minimum atomic E-state index is -0.0648. The largest absolute Gasteiger partial charge is 0.437 e. The Morgan fingerprint density at radius 3 is 2.65 bits per heavy atom. The fourth-order valence-electron chi connectivity index (χ4n) is 2.62. The van der Waals surface area contributed by atoms with Gasteiger partial charge in [-0.25, -0.2) is 4.98 Å². The van der Waals surface area contributed by atoms with Crippen molar-refractivity contribution in [1.29, 1.82) is 0 Å². The number of hydrogen-bond acceptors (Lipinski definition) is 4. The summed E-state index contributed by atoms with van der Waals surface area (Å²) in [4.78, 5) is 18.4. The average molecular weight is 439 g/mol. The molecule has 1 aliphatic rings. The number of carbonyl (C=O) groups excluding carboxylic acids is 1. The highest BCUT2D eigenvalue weighted by Crippen LogP contribution is 2.34. The van der Waals surface area contributed by atoms with Crippen molar-refractivity contribution in [3.8, 4) is 11.6 Å². The summed E-state index contributed by atoms with van der Waals surface area (Å²) in [5.74, 6) is 0.689. The zero-order chi connectivity index (χ0) is 17.1. The van der Waals surface area contributed by atoms with Crippen molar-refractivity contribution in [2.24, 2.45) is 5.73 Å². The van der Waals surface area contributed by atoms with E-state index in [9.17, 15) is 4.79 Å². The summed E-state index contributed by atoms with van der Waals surface area (Å²) in [6, 6.07) is 8.47. The SMILES string of the molecule is Cl.Cl.NC1CCCN(C(=O)c2ccc(Oc3cccc(Cl)c3Cl)nc2)C1. The smallest absolute Gasteiger partial charge is 0.255 e. The number of nitrogens with zero attached hydrogens (tertiary/aromatic N) is 2. The molecule has 1 amide bonds. The van der Waals surface area contributed by atoms with Gasteiger partial charge >= 0.3 is 0 Å². The Hall–Kier alpha value is -1.24. The van der Waals surface area contributed by atoms with Crippen molar-refractivity contribution >= 4 is 53.9 Å². The predicted molar refractivity (Wildman–Crippen MR) is 108 cm³/mol. The molecule has 1 aliphatic heterocycles. The minimum absolute atomic E-state index is 0. The van der Waals surface area contributed by atoms with Crippen LogP contribution in [-0.4, -0.2) is 34.9 Å². The quantitative estimate of drug-likeness (QED) is 0.760. The van der Waals surface area contributed by atoms with Crippen LogP contribution in [0.2, 0.25) is 10.0 Å². The molecule has 3 rings (SSSR count). The molecule has 1 fully saturated rings. The number of carbonyl (C=O) groups is 1. The molecule has 0 saturated carbocycles. The van der Waals surface area contributed by atoms with Crippen LogP contribution < -0.4 is 10.5 Å². The Kier molecular flexibility index (Phi) is 8.93. The maximum atomic E-state index is 12.5. The van der Waals surface area contributed by atoms with Gasteiger partial charge in [0.15, 0.2) is 0 Å². The molecule has 0 bridgehead atoms. The van der Waals surface area contributed by atoms with E-state index in [0.717, 1.165) is 19.4 Å². The first-order valence-corrected chi connectivity index (χ1v) is 8.43. The van der Waals surface area contributed by atoms with Gasteiger partial charge in [-0.3, -0.25) is 4.79 Å². The molecule has 1 aromatic carbocycles. The lowest BCUT2D eigenvalue weighted by Crippen LogP contribution is -2.45. The second kappa shape index (κ2) is 10.2. The number of rotatable bonds is 3. The van der Waals surface area contributed by atoms with Crippen LogP contribution in [0.3, 0.4) is 0 Å². The Morgan fingerprint density at radius 1 is 1.23 bits per heavy atom. The first kappa shape index (κ1) is 22.8. The monoisotopic (exact) mass is 437 g/mol. The average Bonchev–Trinajstić information content (AvgIpc) is 2.59. The number of likely N-dealkylation sites (tertiary alicyclic amines) is 1. The van der Waals surface area contributed by atoms with E-state index in [1.807, 2.05) is 0 Å². The standard InChI is InChI=1S/C17H17Cl2N3O2.2ClH/c18-13-4-1-5-14(16(13)19)24-15-7-6-11(9-21-15)17(23)22-8-2-3-12(20)10-22;;/h1,4-7,9,12H,2-3,8,10,20H2;2*1H. The summed E-state index contributed by atoms with van der Waals surface area (Å²) in [5, 5.41) is 0.728. The second-order valence-corrected chi connectivity index (χ2v) is 6.48. The van der Waals surface area contributed by atoms with Crippen molar-refractivity contribution in [2.45, 2.75) is 18.9 Å². The van der Waals surface area contributed by atoms with Gasteiger partial charge < -0.3 is 15.4 Å². The van der Waals surface area contributed by atoms with Crippen LogP contribution in [0.15, 0.2) is 36.5 Å². The highest BCUT2D eigenvalue weighted by atomic mass is 35.5. The van der Waals surface area contributed by atoms with Crippen LogP contribution in [0.25, 0.3) is 0 Å². The number of pyridine rings is 1. The zero-order valence-corrected chi connectivity index (χ0v) is 16.9. The Bertz CT molecular complexity index is 743. The predicted octanol–water partition coefficient (Wildman–Crippen LogP) is 4.59. The van der Waals surface area contributed by atoms with Crippen molar-refractivity contribution in [3.05, 3.63) is 52.1 Å². The van der Waals surface area contributed by atoms with Gasteiger partial charge in [0.05, 0.1) is 10.6 Å². The summed E-state index contributed by atoms with van der Waals surface area (Å²) in [7, 11) is 0. The van der Waals surface area contributed by atoms with Gasteiger partial charge in [-0.2, -0.15) is 0 Å². The van der Waals surface area contributed by atoms with E-state index in [1.165, 1.54) is 6.20 Å². The number of hydrogen-bond donors (Lipinski definition) is 1. The van der Waals surface area contributed by atoms with E-state index in [4.69, 9.17) is 33.7 Å². The van der Waals surface area contributed by atoms with Crippen molar-refractivity contribution in [2.75, 3.05) is 13.1 Å². The topological polar surface area (TPSA) is 68.5 Å². The Balaban J connectivity index is 0.00000169. The number of amides is 1. The molecule has 0 radical (unpaired) electrons. The second-order valence-electron chi connectivity index (χ2n) is 5.69. The Morgan fingerprint density at radius 2 is 2.00 bits per heavy atom. The summed E-state index contributed by atoms with van der Waals surface area (Å²) in [6.07, 6.45) is 3.38. The lowest BCUT2D eigenvalue weighted by Gasteiger charge is -2.30. The third-order valence-corrected chi connectivity index (χ3v) is 4.66. The number of piperidine rings is 1. The van der Waals surface area contributed by atoms with E-state index in [-0.39, 0.29) is 36.8 Å². The van der Waals surface area contributed by atoms with Crippen LogP contribution in [0.5, 0.6) is 11.6 Å². The molecule has 1 saturated heterocycles. The maximum absolute atomic E-state index is 12.5. The van der Waals surface area contributed by atoms with Crippen LogP contribution in [0.4, 0.5) is 0 Å². The van der Waals surface area contributed by atoms with Gasteiger partial charge in [0.25, 0.3) is 5.91 Å². The van der Waals surface area contributed by atoms with Gasteiger partial charge in [-0.1, -0.05) is 29.3 Å². The molecule has 2 heterocycles. The molecule has 9 heteroatoms. The molecule has 142 valence electrons. The highest BCUT2D eigenvalue weighted by molar-refractivity contribution is 6.42. The molecular weight excluding hydrogens is 420 g/mol. The summed E-state index contributed by atoms with van der Waals surface area (Å²) < 4.78 is 5.61. The van der Waals surface area contributed by atoms with E-state index in [2.05, 4.69) is 4.98 Å². The van der Waals surface area contributed by atoms with Gasteiger partial charge in [-0.05, 0) is 31.0 Å². The number of halogens is 4. The number of nitrogens with two attached hydrogens (primary N) is 1. The number of ether oxygens (including phenoxy) is 1. The highest BCUT2D eigenvalue weighted by Gasteiger charge is 2.22. The third kappa shape index (κ3) is 5.38. The molecule has 0 spiro atoms. The maximum Gasteiger partial charge on any atom is 0.255 e. The van der Waals surface area contributed by atoms with Gasteiger partial charge in [0.1, 0.15) is 10.8 Å². The molecule has 1 aromatic heterocycles. The molecule has 1 atom stereocenters. The normalized spacial score (nSPS) is 16.3. The fourth-order valence-corrected chi connectivity index (χ4v) is 2.95. The lowest BCUT2D eigenvalue weighted by molar-refractivity contribution is 0.0708. The molecule has 0 aliphatic carbocycles. The summed E-state index contributed by atoms with van der Waals surface area (Å²) >= 11 is 12.0. The zero-order valence-electron chi connectivity index (χ0n) is 13.7. The van der Waals surface area contributed by atoms with Crippen LogP contribution in [0.1, 0.15) is 23.2 Å². The molecule has 5 nitrogen and oxygen atoms in total. The lowest BCUT2D eigenvalue weighted by atomic mass is 10.1. The van der Waals surface area contributed by atoms with E-state index < -0.39 is 0 Å². The fraction of sp³-hybridized carbons (Fsp3) is 0.294. The van der Waals surface area contributed by atoms with Gasteiger partial charge in [0.2, 0.25) is 5.88 Å². The molecule has 26 heavy (non-hydrogen) atoms. The van der Waals surface area contributed by atoms with Crippen LogP contribution in [-0.2, 0) is 0 Å². The first-order chi connectivity index (χ1) is 11.5. The van der Waals surface area contributed by atoms with E-state index in [1.54, 1.807) is 35.2 Å². The van der Waals surface area contributed by atoms with E-state index in [0.29, 0.717) is 33.8 Å². The molecule has 2 N–H and O–H groups in total. The molecule has 1 unspecified atom stereocenters. The van der Waals surface area contributed by atoms with Crippen LogP contribution >= 0.6 is 48.0 Å². The first-order valence-electron chi connectivity index (χ1n) is 7.67. The van der Waals surface area contributed by atoms with Crippen molar-refractivity contribution in [3.63, 3.8) is 0 Å². The number of benzene rings is 1. The summed E-state index contributed by atoms with van der Waals surface area (Å²) in [6.45, 7) is 1.30.